The number of nitrogens with zero attached hydrogens (tertiary/aromatic N) is 2. The summed E-state index contributed by atoms with van der Waals surface area (Å²) < 4.78 is 0. The van der Waals surface area contributed by atoms with E-state index >= 15 is 0 Å². The lowest BCUT2D eigenvalue weighted by Gasteiger charge is -1.98. The van der Waals surface area contributed by atoms with Crippen molar-refractivity contribution < 1.29 is 14.8 Å². The van der Waals surface area contributed by atoms with Gasteiger partial charge in [0.25, 0.3) is 5.91 Å². The van der Waals surface area contributed by atoms with Gasteiger partial charge in [0.2, 0.25) is 0 Å². The quantitative estimate of drug-likeness (QED) is 0.343. The minimum absolute atomic E-state index is 0.227. The van der Waals surface area contributed by atoms with Gasteiger partial charge in [0.1, 0.15) is 11.6 Å². The van der Waals surface area contributed by atoms with Crippen LogP contribution in [0.15, 0.2) is 23.8 Å². The fourth-order valence-corrected chi connectivity index (χ4v) is 1.10. The van der Waals surface area contributed by atoms with Gasteiger partial charge in [-0.1, -0.05) is 6.07 Å². The van der Waals surface area contributed by atoms with Gasteiger partial charge < -0.3 is 10.8 Å². The molecule has 1 aromatic carbocycles. The average molecular weight is 233 g/mol. The number of primary amides is 1. The predicted octanol–water partition coefficient (Wildman–Crippen LogP) is 0.693. The monoisotopic (exact) mass is 233 g/mol. The molecule has 7 heteroatoms. The molecule has 0 aromatic heterocycles. The van der Waals surface area contributed by atoms with E-state index in [1.807, 2.05) is 0 Å². The maximum Gasteiger partial charge on any atom is 0.311 e. The van der Waals surface area contributed by atoms with E-state index in [4.69, 9.17) is 11.0 Å². The number of aromatic hydroxyl groups is 1. The maximum absolute atomic E-state index is 10.8. The van der Waals surface area contributed by atoms with Crippen molar-refractivity contribution in [3.63, 3.8) is 0 Å². The highest BCUT2D eigenvalue weighted by molar-refractivity contribution is 6.00. The van der Waals surface area contributed by atoms with E-state index in [1.54, 1.807) is 6.07 Å². The molecule has 0 saturated carbocycles. The van der Waals surface area contributed by atoms with Gasteiger partial charge in [0.05, 0.1) is 4.92 Å². The first-order valence-electron chi connectivity index (χ1n) is 4.34. The number of amides is 1. The standard InChI is InChI=1S/C10H7N3O4/c11-5-7(10(12)15)3-6-1-2-9(14)8(4-6)13(16)17/h1-4,14H,(H2,12,15)/b7-3-. The zero-order valence-corrected chi connectivity index (χ0v) is 8.45. The zero-order chi connectivity index (χ0) is 13.0. The van der Waals surface area contributed by atoms with Crippen molar-refractivity contribution in [1.82, 2.24) is 0 Å². The normalized spacial score (nSPS) is 10.6. The van der Waals surface area contributed by atoms with Gasteiger partial charge in [-0.2, -0.15) is 5.26 Å². The highest BCUT2D eigenvalue weighted by Crippen LogP contribution is 2.27. The maximum atomic E-state index is 10.8. The van der Waals surface area contributed by atoms with Crippen molar-refractivity contribution in [2.24, 2.45) is 5.73 Å². The number of hydrogen-bond donors (Lipinski definition) is 2. The van der Waals surface area contributed by atoms with E-state index in [1.165, 1.54) is 6.07 Å². The summed E-state index contributed by atoms with van der Waals surface area (Å²) in [5.74, 6) is -1.42. The molecule has 0 heterocycles. The van der Waals surface area contributed by atoms with Crippen molar-refractivity contribution >= 4 is 17.7 Å². The Hall–Kier alpha value is -2.88. The smallest absolute Gasteiger partial charge is 0.311 e. The fourth-order valence-electron chi connectivity index (χ4n) is 1.10. The Balaban J connectivity index is 3.27. The number of phenolic OH excluding ortho intramolecular Hbond substituents is 1. The van der Waals surface area contributed by atoms with E-state index in [-0.39, 0.29) is 11.1 Å². The predicted molar refractivity (Wildman–Crippen MR) is 57.5 cm³/mol. The average Bonchev–Trinajstić information content (AvgIpc) is 2.27. The van der Waals surface area contributed by atoms with Crippen LogP contribution in [0.1, 0.15) is 5.56 Å². The van der Waals surface area contributed by atoms with Crippen LogP contribution in [0.2, 0.25) is 0 Å². The number of nitro groups is 1. The van der Waals surface area contributed by atoms with E-state index < -0.39 is 22.3 Å². The molecular weight excluding hydrogens is 226 g/mol. The summed E-state index contributed by atoms with van der Waals surface area (Å²) in [6.07, 6.45) is 1.11. The summed E-state index contributed by atoms with van der Waals surface area (Å²) >= 11 is 0. The second kappa shape index (κ2) is 4.76. The number of phenols is 1. The van der Waals surface area contributed by atoms with Crippen molar-refractivity contribution in [3.8, 4) is 11.8 Å². The van der Waals surface area contributed by atoms with Crippen LogP contribution in [0.3, 0.4) is 0 Å². The number of hydrogen-bond acceptors (Lipinski definition) is 5. The second-order valence-electron chi connectivity index (χ2n) is 3.04. The second-order valence-corrected chi connectivity index (χ2v) is 3.04. The molecule has 86 valence electrons. The van der Waals surface area contributed by atoms with Gasteiger partial charge in [0.15, 0.2) is 5.75 Å². The summed E-state index contributed by atoms with van der Waals surface area (Å²) in [5.41, 5.74) is 4.29. The Labute approximate surface area is 95.5 Å². The molecule has 17 heavy (non-hydrogen) atoms. The third-order valence-electron chi connectivity index (χ3n) is 1.89. The minimum Gasteiger partial charge on any atom is -0.502 e. The topological polar surface area (TPSA) is 130 Å². The van der Waals surface area contributed by atoms with Crippen LogP contribution in [0, 0.1) is 21.4 Å². The number of nitriles is 1. The van der Waals surface area contributed by atoms with Gasteiger partial charge in [-0.25, -0.2) is 0 Å². The van der Waals surface area contributed by atoms with Crippen LogP contribution >= 0.6 is 0 Å². The molecule has 1 aromatic rings. The van der Waals surface area contributed by atoms with Crippen LogP contribution in [0.5, 0.6) is 5.75 Å². The van der Waals surface area contributed by atoms with E-state index in [0.29, 0.717) is 0 Å². The molecule has 1 amide bonds. The van der Waals surface area contributed by atoms with Crippen molar-refractivity contribution in [1.29, 1.82) is 5.26 Å². The third kappa shape index (κ3) is 2.79. The number of nitrogens with two attached hydrogens (primary N) is 1. The molecule has 0 saturated heterocycles. The Morgan fingerprint density at radius 3 is 2.71 bits per heavy atom. The van der Waals surface area contributed by atoms with Gasteiger partial charge in [-0.3, -0.25) is 14.9 Å². The van der Waals surface area contributed by atoms with Crippen LogP contribution in [-0.4, -0.2) is 15.9 Å². The molecule has 0 aliphatic rings. The van der Waals surface area contributed by atoms with E-state index in [2.05, 4.69) is 0 Å². The van der Waals surface area contributed by atoms with Crippen LogP contribution < -0.4 is 5.73 Å². The highest BCUT2D eigenvalue weighted by Gasteiger charge is 2.13. The molecule has 0 aliphatic heterocycles. The lowest BCUT2D eigenvalue weighted by molar-refractivity contribution is -0.385. The minimum atomic E-state index is -0.928. The molecule has 0 atom stereocenters. The molecule has 0 fully saturated rings. The SMILES string of the molecule is N#C/C(=C/c1ccc(O)c([N+](=O)[O-])c1)C(N)=O. The molecule has 1 rings (SSSR count). The largest absolute Gasteiger partial charge is 0.502 e. The number of carbonyl (C=O) groups excluding carboxylic acids is 1. The van der Waals surface area contributed by atoms with Crippen LogP contribution in [0.25, 0.3) is 6.08 Å². The first kappa shape index (κ1) is 12.2. The van der Waals surface area contributed by atoms with Gasteiger partial charge in [-0.15, -0.1) is 0 Å². The number of rotatable bonds is 3. The molecular formula is C10H7N3O4. The summed E-state index contributed by atoms with van der Waals surface area (Å²) in [6.45, 7) is 0. The number of benzene rings is 1. The van der Waals surface area contributed by atoms with Crippen molar-refractivity contribution in [2.45, 2.75) is 0 Å². The summed E-state index contributed by atoms with van der Waals surface area (Å²) in [4.78, 5) is 20.5. The summed E-state index contributed by atoms with van der Waals surface area (Å²) in [5, 5.41) is 28.3. The Kier molecular flexibility index (Phi) is 3.41. The highest BCUT2D eigenvalue weighted by atomic mass is 16.6. The molecule has 0 radical (unpaired) electrons. The molecule has 0 unspecified atom stereocenters. The number of carbonyl (C=O) groups is 1. The third-order valence-corrected chi connectivity index (χ3v) is 1.89. The zero-order valence-electron chi connectivity index (χ0n) is 8.45. The lowest BCUT2D eigenvalue weighted by atomic mass is 10.1. The van der Waals surface area contributed by atoms with E-state index in [9.17, 15) is 20.0 Å². The fraction of sp³-hybridized carbons (Fsp3) is 0. The molecule has 3 N–H and O–H groups in total. The number of nitro benzene ring substituents is 1. The van der Waals surface area contributed by atoms with Crippen molar-refractivity contribution in [3.05, 3.63) is 39.4 Å². The van der Waals surface area contributed by atoms with Crippen molar-refractivity contribution in [2.75, 3.05) is 0 Å². The summed E-state index contributed by atoms with van der Waals surface area (Å²) in [7, 11) is 0. The molecule has 7 nitrogen and oxygen atoms in total. The first-order valence-corrected chi connectivity index (χ1v) is 4.34. The Morgan fingerprint density at radius 1 is 1.59 bits per heavy atom. The lowest BCUT2D eigenvalue weighted by Crippen LogP contribution is -2.12. The van der Waals surface area contributed by atoms with E-state index in [0.717, 1.165) is 18.2 Å². The Bertz CT molecular complexity index is 557. The Morgan fingerprint density at radius 2 is 2.24 bits per heavy atom. The van der Waals surface area contributed by atoms with Gasteiger partial charge in [-0.05, 0) is 17.7 Å². The van der Waals surface area contributed by atoms with Crippen LogP contribution in [0.4, 0.5) is 5.69 Å². The van der Waals surface area contributed by atoms with Crippen LogP contribution in [-0.2, 0) is 4.79 Å². The van der Waals surface area contributed by atoms with Gasteiger partial charge >= 0.3 is 5.69 Å². The van der Waals surface area contributed by atoms with Gasteiger partial charge in [0, 0.05) is 6.07 Å². The molecule has 0 spiro atoms. The first-order chi connectivity index (χ1) is 7.95. The molecule has 0 aliphatic carbocycles. The summed E-state index contributed by atoms with van der Waals surface area (Å²) in [6, 6.07) is 5.02. The molecule has 0 bridgehead atoms.